The van der Waals surface area contributed by atoms with Crippen molar-refractivity contribution in [1.82, 2.24) is 0 Å². The van der Waals surface area contributed by atoms with E-state index in [1.54, 1.807) is 6.07 Å². The third kappa shape index (κ3) is 2.69. The molecular weight excluding hydrogens is 249 g/mol. The fourth-order valence-electron chi connectivity index (χ4n) is 1.20. The van der Waals surface area contributed by atoms with Crippen molar-refractivity contribution in [3.63, 3.8) is 0 Å². The summed E-state index contributed by atoms with van der Waals surface area (Å²) in [7, 11) is 0. The minimum absolute atomic E-state index is 0.00833. The molecule has 1 unspecified atom stereocenters. The van der Waals surface area contributed by atoms with E-state index in [4.69, 9.17) is 5.73 Å². The Labute approximate surface area is 91.1 Å². The molecule has 0 aliphatic carbocycles. The van der Waals surface area contributed by atoms with Gasteiger partial charge in [0.1, 0.15) is 11.6 Å². The molecule has 2 nitrogen and oxygen atoms in total. The molecule has 0 saturated heterocycles. The van der Waals surface area contributed by atoms with E-state index >= 15 is 0 Å². The van der Waals surface area contributed by atoms with Crippen LogP contribution in [0.3, 0.4) is 0 Å². The summed E-state index contributed by atoms with van der Waals surface area (Å²) in [5, 5.41) is 9.46. The van der Waals surface area contributed by atoms with Crippen molar-refractivity contribution < 1.29 is 9.50 Å². The highest BCUT2D eigenvalue weighted by Crippen LogP contribution is 2.27. The maximum Gasteiger partial charge on any atom is 0.141 e. The molecule has 1 rings (SSSR count). The molecule has 3 N–H and O–H groups in total. The Morgan fingerprint density at radius 3 is 2.79 bits per heavy atom. The number of phenolic OH excluding ortho intramolecular Hbond substituents is 1. The second-order valence-corrected chi connectivity index (χ2v) is 4.29. The predicted octanol–water partition coefficient (Wildman–Crippen LogP) is 2.43. The second kappa shape index (κ2) is 4.75. The Morgan fingerprint density at radius 1 is 1.57 bits per heavy atom. The van der Waals surface area contributed by atoms with Gasteiger partial charge in [-0.25, -0.2) is 4.39 Å². The lowest BCUT2D eigenvalue weighted by molar-refractivity contribution is 0.453. The Balaban J connectivity index is 2.92. The van der Waals surface area contributed by atoms with E-state index in [0.717, 1.165) is 11.6 Å². The van der Waals surface area contributed by atoms with Gasteiger partial charge in [-0.3, -0.25) is 0 Å². The Kier molecular flexibility index (Phi) is 3.89. The molecule has 0 fully saturated rings. The molecule has 78 valence electrons. The van der Waals surface area contributed by atoms with Gasteiger partial charge in [-0.2, -0.15) is 0 Å². The number of nitrogens with two attached hydrogens (primary N) is 1. The van der Waals surface area contributed by atoms with Crippen molar-refractivity contribution in [2.75, 3.05) is 6.54 Å². The van der Waals surface area contributed by atoms with Crippen LogP contribution in [-0.4, -0.2) is 11.7 Å². The van der Waals surface area contributed by atoms with Crippen LogP contribution in [0.15, 0.2) is 16.6 Å². The zero-order chi connectivity index (χ0) is 10.7. The maximum absolute atomic E-state index is 12.9. The van der Waals surface area contributed by atoms with E-state index in [1.165, 1.54) is 0 Å². The normalized spacial score (nSPS) is 12.9. The van der Waals surface area contributed by atoms with Crippen molar-refractivity contribution in [2.45, 2.75) is 13.3 Å². The average Bonchev–Trinajstić information content (AvgIpc) is 2.14. The summed E-state index contributed by atoms with van der Waals surface area (Å²) in [6.45, 7) is 2.53. The highest BCUT2D eigenvalue weighted by Gasteiger charge is 2.09. The SMILES string of the molecule is CC(CN)Cc1cc(Br)c(F)cc1O. The fraction of sp³-hybridized carbons (Fsp3) is 0.400. The van der Waals surface area contributed by atoms with E-state index in [9.17, 15) is 9.50 Å². The van der Waals surface area contributed by atoms with E-state index in [1.807, 2.05) is 6.92 Å². The van der Waals surface area contributed by atoms with Crippen molar-refractivity contribution in [1.29, 1.82) is 0 Å². The first-order chi connectivity index (χ1) is 6.54. The molecule has 1 atom stereocenters. The predicted molar refractivity (Wildman–Crippen MR) is 57.7 cm³/mol. The van der Waals surface area contributed by atoms with Gasteiger partial charge in [-0.1, -0.05) is 6.92 Å². The summed E-state index contributed by atoms with van der Waals surface area (Å²) in [5.74, 6) is -0.184. The minimum atomic E-state index is -0.452. The quantitative estimate of drug-likeness (QED) is 0.878. The van der Waals surface area contributed by atoms with Crippen LogP contribution in [0, 0.1) is 11.7 Å². The number of hydrogen-bond donors (Lipinski definition) is 2. The molecule has 0 saturated carbocycles. The van der Waals surface area contributed by atoms with Crippen LogP contribution in [0.5, 0.6) is 5.75 Å². The topological polar surface area (TPSA) is 46.2 Å². The monoisotopic (exact) mass is 261 g/mol. The summed E-state index contributed by atoms with van der Waals surface area (Å²) >= 11 is 3.07. The van der Waals surface area contributed by atoms with Gasteiger partial charge in [0.05, 0.1) is 4.47 Å². The van der Waals surface area contributed by atoms with Crippen LogP contribution in [0.2, 0.25) is 0 Å². The van der Waals surface area contributed by atoms with Crippen LogP contribution < -0.4 is 5.73 Å². The average molecular weight is 262 g/mol. The Bertz CT molecular complexity index is 330. The number of benzene rings is 1. The molecule has 0 amide bonds. The fourth-order valence-corrected chi connectivity index (χ4v) is 1.59. The van der Waals surface area contributed by atoms with Gasteiger partial charge in [0.15, 0.2) is 0 Å². The first kappa shape index (κ1) is 11.5. The molecule has 0 aliphatic heterocycles. The zero-order valence-corrected chi connectivity index (χ0v) is 9.51. The third-order valence-corrected chi connectivity index (χ3v) is 2.70. The summed E-state index contributed by atoms with van der Waals surface area (Å²) in [6.07, 6.45) is 0.654. The molecule has 0 aliphatic rings. The maximum atomic E-state index is 12.9. The summed E-state index contributed by atoms with van der Waals surface area (Å²) in [4.78, 5) is 0. The number of phenols is 1. The van der Waals surface area contributed by atoms with Crippen molar-refractivity contribution in [3.05, 3.63) is 28.0 Å². The molecule has 1 aromatic carbocycles. The molecule has 14 heavy (non-hydrogen) atoms. The second-order valence-electron chi connectivity index (χ2n) is 3.44. The highest BCUT2D eigenvalue weighted by atomic mass is 79.9. The van der Waals surface area contributed by atoms with Crippen molar-refractivity contribution in [3.8, 4) is 5.75 Å². The third-order valence-electron chi connectivity index (χ3n) is 2.09. The molecule has 0 aromatic heterocycles. The first-order valence-corrected chi connectivity index (χ1v) is 5.20. The van der Waals surface area contributed by atoms with Gasteiger partial charge >= 0.3 is 0 Å². The standard InChI is InChI=1S/C10H13BrFNO/c1-6(5-13)2-7-3-8(11)9(12)4-10(7)14/h3-4,6,14H,2,5,13H2,1H3. The van der Waals surface area contributed by atoms with Gasteiger partial charge < -0.3 is 10.8 Å². The van der Waals surface area contributed by atoms with E-state index in [-0.39, 0.29) is 11.7 Å². The summed E-state index contributed by atoms with van der Waals surface area (Å²) in [5.41, 5.74) is 6.19. The molecule has 0 radical (unpaired) electrons. The molecule has 4 heteroatoms. The molecule has 1 aromatic rings. The Morgan fingerprint density at radius 2 is 2.21 bits per heavy atom. The lowest BCUT2D eigenvalue weighted by Gasteiger charge is -2.10. The first-order valence-electron chi connectivity index (χ1n) is 4.41. The van der Waals surface area contributed by atoms with Crippen LogP contribution in [0.25, 0.3) is 0 Å². The molecule has 0 spiro atoms. The van der Waals surface area contributed by atoms with Gasteiger partial charge in [0, 0.05) is 6.07 Å². The Hall–Kier alpha value is -0.610. The highest BCUT2D eigenvalue weighted by molar-refractivity contribution is 9.10. The van der Waals surface area contributed by atoms with Crippen molar-refractivity contribution in [2.24, 2.45) is 11.7 Å². The van der Waals surface area contributed by atoms with Gasteiger partial charge in [0.2, 0.25) is 0 Å². The summed E-state index contributed by atoms with van der Waals surface area (Å²) in [6, 6.07) is 2.71. The van der Waals surface area contributed by atoms with Crippen LogP contribution in [0.1, 0.15) is 12.5 Å². The van der Waals surface area contributed by atoms with Crippen LogP contribution in [-0.2, 0) is 6.42 Å². The lowest BCUT2D eigenvalue weighted by atomic mass is 10.0. The molecular formula is C10H13BrFNO. The van der Waals surface area contributed by atoms with E-state index in [0.29, 0.717) is 17.4 Å². The minimum Gasteiger partial charge on any atom is -0.508 e. The smallest absolute Gasteiger partial charge is 0.141 e. The van der Waals surface area contributed by atoms with E-state index < -0.39 is 5.82 Å². The van der Waals surface area contributed by atoms with Crippen molar-refractivity contribution >= 4 is 15.9 Å². The van der Waals surface area contributed by atoms with Gasteiger partial charge in [-0.15, -0.1) is 0 Å². The largest absolute Gasteiger partial charge is 0.508 e. The number of aromatic hydroxyl groups is 1. The lowest BCUT2D eigenvalue weighted by Crippen LogP contribution is -2.13. The summed E-state index contributed by atoms with van der Waals surface area (Å²) < 4.78 is 13.3. The number of hydrogen-bond acceptors (Lipinski definition) is 2. The zero-order valence-electron chi connectivity index (χ0n) is 7.93. The molecule has 0 bridgehead atoms. The van der Waals surface area contributed by atoms with E-state index in [2.05, 4.69) is 15.9 Å². The number of halogens is 2. The number of rotatable bonds is 3. The molecule has 0 heterocycles. The van der Waals surface area contributed by atoms with Crippen LogP contribution >= 0.6 is 15.9 Å². The van der Waals surface area contributed by atoms with Gasteiger partial charge in [0.25, 0.3) is 0 Å². The van der Waals surface area contributed by atoms with Gasteiger partial charge in [-0.05, 0) is 46.4 Å². The van der Waals surface area contributed by atoms with Crippen LogP contribution in [0.4, 0.5) is 4.39 Å².